The van der Waals surface area contributed by atoms with Crippen molar-refractivity contribution < 1.29 is 0 Å². The van der Waals surface area contributed by atoms with Gasteiger partial charge in [0.15, 0.2) is 5.82 Å². The molecule has 9 rings (SSSR count). The summed E-state index contributed by atoms with van der Waals surface area (Å²) in [6, 6.07) is 50.7. The van der Waals surface area contributed by atoms with E-state index < -0.39 is 0 Å². The summed E-state index contributed by atoms with van der Waals surface area (Å²) >= 11 is 1.84. The molecular formula is C43H30N4OS. The van der Waals surface area contributed by atoms with E-state index in [0.29, 0.717) is 5.82 Å². The van der Waals surface area contributed by atoms with E-state index in [-0.39, 0.29) is 5.69 Å². The van der Waals surface area contributed by atoms with Gasteiger partial charge in [-0.25, -0.2) is 14.8 Å². The van der Waals surface area contributed by atoms with Crippen LogP contribution in [0.15, 0.2) is 150 Å². The molecule has 0 fully saturated rings. The zero-order valence-electron chi connectivity index (χ0n) is 27.0. The zero-order valence-corrected chi connectivity index (χ0v) is 27.8. The Morgan fingerprint density at radius 2 is 1.12 bits per heavy atom. The number of hydrogen-bond acceptors (Lipinski definition) is 4. The lowest BCUT2D eigenvalue weighted by atomic mass is 9.95. The molecule has 0 unspecified atom stereocenters. The van der Waals surface area contributed by atoms with E-state index in [0.717, 1.165) is 55.8 Å². The lowest BCUT2D eigenvalue weighted by Crippen LogP contribution is -2.19. The van der Waals surface area contributed by atoms with Crippen LogP contribution in [0.1, 0.15) is 0 Å². The minimum absolute atomic E-state index is 0.0293. The first-order chi connectivity index (χ1) is 24.0. The third-order valence-electron chi connectivity index (χ3n) is 9.44. The Morgan fingerprint density at radius 1 is 0.490 bits per heavy atom. The second-order valence-corrected chi connectivity index (χ2v) is 13.4. The Kier molecular flexibility index (Phi) is 6.85. The average molecular weight is 651 g/mol. The van der Waals surface area contributed by atoms with Gasteiger partial charge in [-0.2, -0.15) is 0 Å². The van der Waals surface area contributed by atoms with Crippen LogP contribution in [-0.4, -0.2) is 19.1 Å². The molecule has 234 valence electrons. The topological polar surface area (TPSA) is 52.7 Å². The first kappa shape index (κ1) is 29.1. The number of nitrogens with zero attached hydrogens (tertiary/aromatic N) is 4. The van der Waals surface area contributed by atoms with Crippen molar-refractivity contribution >= 4 is 42.5 Å². The quantitative estimate of drug-likeness (QED) is 0.186. The van der Waals surface area contributed by atoms with Crippen LogP contribution in [0.5, 0.6) is 0 Å². The van der Waals surface area contributed by atoms with Crippen molar-refractivity contribution in [3.8, 4) is 56.2 Å². The highest BCUT2D eigenvalue weighted by molar-refractivity contribution is 7.26. The number of aryl methyl sites for hydroxylation is 2. The maximum atomic E-state index is 12.5. The van der Waals surface area contributed by atoms with E-state index in [1.807, 2.05) is 49.7 Å². The number of aromatic nitrogens is 4. The van der Waals surface area contributed by atoms with Gasteiger partial charge in [0.25, 0.3) is 0 Å². The summed E-state index contributed by atoms with van der Waals surface area (Å²) in [6.45, 7) is 0. The van der Waals surface area contributed by atoms with Crippen molar-refractivity contribution in [2.75, 3.05) is 0 Å². The average Bonchev–Trinajstić information content (AvgIpc) is 3.65. The van der Waals surface area contributed by atoms with Crippen LogP contribution in [0, 0.1) is 0 Å². The van der Waals surface area contributed by atoms with Crippen LogP contribution in [0.4, 0.5) is 0 Å². The monoisotopic (exact) mass is 650 g/mol. The van der Waals surface area contributed by atoms with Crippen molar-refractivity contribution in [3.63, 3.8) is 0 Å². The molecule has 0 saturated carbocycles. The highest BCUT2D eigenvalue weighted by Gasteiger charge is 2.17. The van der Waals surface area contributed by atoms with Gasteiger partial charge in [0, 0.05) is 56.5 Å². The van der Waals surface area contributed by atoms with Crippen molar-refractivity contribution in [1.29, 1.82) is 0 Å². The van der Waals surface area contributed by atoms with Crippen LogP contribution in [0.3, 0.4) is 0 Å². The molecule has 6 aromatic carbocycles. The van der Waals surface area contributed by atoms with Crippen LogP contribution in [0.25, 0.3) is 87.4 Å². The van der Waals surface area contributed by atoms with Crippen molar-refractivity contribution in [2.24, 2.45) is 14.1 Å². The maximum Gasteiger partial charge on any atom is 0.328 e. The van der Waals surface area contributed by atoms with Gasteiger partial charge in [-0.1, -0.05) is 121 Å². The summed E-state index contributed by atoms with van der Waals surface area (Å²) in [5, 5.41) is 2.56. The minimum atomic E-state index is -0.0293. The van der Waals surface area contributed by atoms with Gasteiger partial charge >= 0.3 is 5.69 Å². The predicted molar refractivity (Wildman–Crippen MR) is 204 cm³/mol. The normalized spacial score (nSPS) is 11.6. The number of rotatable bonds is 5. The first-order valence-corrected chi connectivity index (χ1v) is 17.1. The lowest BCUT2D eigenvalue weighted by Gasteiger charge is -2.14. The molecule has 49 heavy (non-hydrogen) atoms. The molecule has 0 atom stereocenters. The van der Waals surface area contributed by atoms with E-state index in [4.69, 9.17) is 9.97 Å². The zero-order chi connectivity index (χ0) is 33.1. The highest BCUT2D eigenvalue weighted by Crippen LogP contribution is 2.43. The summed E-state index contributed by atoms with van der Waals surface area (Å²) in [4.78, 5) is 22.8. The van der Waals surface area contributed by atoms with E-state index >= 15 is 0 Å². The van der Waals surface area contributed by atoms with Gasteiger partial charge < -0.3 is 0 Å². The molecule has 0 aliphatic heterocycles. The van der Waals surface area contributed by atoms with Crippen molar-refractivity contribution in [3.05, 3.63) is 156 Å². The first-order valence-electron chi connectivity index (χ1n) is 16.2. The summed E-state index contributed by atoms with van der Waals surface area (Å²) < 4.78 is 5.94. The molecule has 9 aromatic rings. The number of thiophene rings is 1. The maximum absolute atomic E-state index is 12.5. The van der Waals surface area contributed by atoms with Gasteiger partial charge in [0.1, 0.15) is 0 Å². The molecule has 0 aliphatic rings. The summed E-state index contributed by atoms with van der Waals surface area (Å²) in [6.07, 6.45) is 0. The van der Waals surface area contributed by atoms with Crippen LogP contribution < -0.4 is 5.69 Å². The molecule has 0 amide bonds. The van der Waals surface area contributed by atoms with E-state index in [1.165, 1.54) is 25.7 Å². The fraction of sp³-hybridized carbons (Fsp3) is 0.0465. The molecule has 0 N–H and O–H groups in total. The Labute approximate surface area is 287 Å². The van der Waals surface area contributed by atoms with Gasteiger partial charge in [-0.3, -0.25) is 9.13 Å². The number of benzene rings is 6. The molecule has 6 heteroatoms. The van der Waals surface area contributed by atoms with Gasteiger partial charge in [-0.05, 0) is 41.0 Å². The Morgan fingerprint density at radius 3 is 1.96 bits per heavy atom. The lowest BCUT2D eigenvalue weighted by molar-refractivity contribution is 0.795. The SMILES string of the molecule is Cn1c(=O)n(C)c2cc(-c3ccc(-c4cc(-c5ccccc5-c5cccc6c5sc5ccccc56)nc(-c5ccccc5)n4)cc3)ccc21. The fourth-order valence-corrected chi connectivity index (χ4v) is 8.10. The third kappa shape index (κ3) is 4.88. The van der Waals surface area contributed by atoms with Crippen LogP contribution in [-0.2, 0) is 14.1 Å². The van der Waals surface area contributed by atoms with Crippen LogP contribution >= 0.6 is 11.3 Å². The molecule has 0 bridgehead atoms. The second-order valence-electron chi connectivity index (χ2n) is 12.3. The molecule has 0 aliphatic carbocycles. The van der Waals surface area contributed by atoms with E-state index in [9.17, 15) is 4.79 Å². The van der Waals surface area contributed by atoms with Gasteiger partial charge in [0.05, 0.1) is 22.4 Å². The molecule has 0 spiro atoms. The standard InChI is InChI=1S/C43H30N4OS/c1-46-38-24-23-30(25-39(38)47(2)43(46)48)27-19-21-28(22-20-27)36-26-37(45-42(44-36)29-11-4-3-5-12-29)32-14-7-6-13-31(32)34-16-10-17-35-33-15-8-9-18-40(33)49-41(34)35/h3-26H,1-2H3. The van der Waals surface area contributed by atoms with E-state index in [1.54, 1.807) is 9.13 Å². The molecule has 3 heterocycles. The molecule has 0 radical (unpaired) electrons. The number of fused-ring (bicyclic) bond motifs is 4. The molecule has 0 saturated heterocycles. The molecular weight excluding hydrogens is 621 g/mol. The second kappa shape index (κ2) is 11.5. The highest BCUT2D eigenvalue weighted by atomic mass is 32.1. The Balaban J connectivity index is 1.18. The minimum Gasteiger partial charge on any atom is -0.295 e. The van der Waals surface area contributed by atoms with Crippen molar-refractivity contribution in [1.82, 2.24) is 19.1 Å². The Hall–Kier alpha value is -6.11. The van der Waals surface area contributed by atoms with Crippen molar-refractivity contribution in [2.45, 2.75) is 0 Å². The third-order valence-corrected chi connectivity index (χ3v) is 10.7. The van der Waals surface area contributed by atoms with E-state index in [2.05, 4.69) is 121 Å². The summed E-state index contributed by atoms with van der Waals surface area (Å²) in [5.74, 6) is 0.683. The number of hydrogen-bond donors (Lipinski definition) is 0. The number of imidazole rings is 1. The Bertz CT molecular complexity index is 2760. The predicted octanol–water partition coefficient (Wildman–Crippen LogP) is 10.4. The molecule has 3 aromatic heterocycles. The van der Waals surface area contributed by atoms with Gasteiger partial charge in [0.2, 0.25) is 0 Å². The fourth-order valence-electron chi connectivity index (χ4n) is 6.87. The molecule has 5 nitrogen and oxygen atoms in total. The summed E-state index contributed by atoms with van der Waals surface area (Å²) in [5.41, 5.74) is 11.0. The smallest absolute Gasteiger partial charge is 0.295 e. The van der Waals surface area contributed by atoms with Crippen LogP contribution in [0.2, 0.25) is 0 Å². The largest absolute Gasteiger partial charge is 0.328 e. The summed E-state index contributed by atoms with van der Waals surface area (Å²) in [7, 11) is 3.62. The van der Waals surface area contributed by atoms with Gasteiger partial charge in [-0.15, -0.1) is 11.3 Å².